The molecule has 3 heterocycles. The third-order valence-electron chi connectivity index (χ3n) is 6.49. The number of hydrogen-bond donors (Lipinski definition) is 0. The van der Waals surface area contributed by atoms with Gasteiger partial charge in [-0.15, -0.1) is 0 Å². The van der Waals surface area contributed by atoms with Crippen LogP contribution in [0.15, 0.2) is 96.1 Å². The number of ether oxygens (including phenoxy) is 2. The summed E-state index contributed by atoms with van der Waals surface area (Å²) in [5, 5.41) is 2.35. The van der Waals surface area contributed by atoms with Crippen LogP contribution >= 0.6 is 0 Å². The molecule has 1 atom stereocenters. The van der Waals surface area contributed by atoms with E-state index in [4.69, 9.17) is 14.5 Å². The van der Waals surface area contributed by atoms with Gasteiger partial charge in [-0.3, -0.25) is 4.57 Å². The van der Waals surface area contributed by atoms with Crippen molar-refractivity contribution in [2.45, 2.75) is 26.8 Å². The predicted molar refractivity (Wildman–Crippen MR) is 141 cm³/mol. The molecule has 5 nitrogen and oxygen atoms in total. The summed E-state index contributed by atoms with van der Waals surface area (Å²) in [6.07, 6.45) is 1.82. The monoisotopic (exact) mass is 461 g/mol. The van der Waals surface area contributed by atoms with E-state index in [1.807, 2.05) is 54.7 Å². The van der Waals surface area contributed by atoms with E-state index >= 15 is 0 Å². The highest BCUT2D eigenvalue weighted by Crippen LogP contribution is 2.35. The fraction of sp³-hybridized carbons (Fsp3) is 0.200. The fourth-order valence-corrected chi connectivity index (χ4v) is 4.55. The van der Waals surface area contributed by atoms with Gasteiger partial charge in [-0.05, 0) is 53.9 Å². The van der Waals surface area contributed by atoms with Gasteiger partial charge < -0.3 is 9.47 Å². The highest BCUT2D eigenvalue weighted by atomic mass is 16.5. The van der Waals surface area contributed by atoms with Crippen molar-refractivity contribution in [1.82, 2.24) is 9.55 Å². The zero-order chi connectivity index (χ0) is 24.0. The first-order valence-electron chi connectivity index (χ1n) is 11.9. The molecule has 2 aromatic heterocycles. The van der Waals surface area contributed by atoms with E-state index in [0.29, 0.717) is 12.5 Å². The lowest BCUT2D eigenvalue weighted by Gasteiger charge is -2.21. The average Bonchev–Trinajstić information content (AvgIpc) is 3.48. The van der Waals surface area contributed by atoms with Crippen molar-refractivity contribution in [1.29, 1.82) is 0 Å². The number of para-hydroxylation sites is 1. The molecule has 0 unspecified atom stereocenters. The van der Waals surface area contributed by atoms with Gasteiger partial charge in [0.05, 0.1) is 17.1 Å². The number of benzene rings is 3. The van der Waals surface area contributed by atoms with Crippen molar-refractivity contribution in [3.05, 3.63) is 96.7 Å². The lowest BCUT2D eigenvalue weighted by Crippen LogP contribution is -2.25. The molecule has 0 saturated heterocycles. The van der Waals surface area contributed by atoms with Crippen LogP contribution in [0.3, 0.4) is 0 Å². The van der Waals surface area contributed by atoms with Crippen LogP contribution < -0.4 is 4.74 Å². The minimum absolute atomic E-state index is 0.0668. The first-order chi connectivity index (χ1) is 17.0. The van der Waals surface area contributed by atoms with Gasteiger partial charge in [0, 0.05) is 28.6 Å². The van der Waals surface area contributed by atoms with Crippen LogP contribution in [0, 0.1) is 5.41 Å². The van der Waals surface area contributed by atoms with E-state index in [9.17, 15) is 0 Å². The number of aliphatic imine (C=N–C) groups is 1. The van der Waals surface area contributed by atoms with Crippen LogP contribution in [0.5, 0.6) is 11.5 Å². The van der Waals surface area contributed by atoms with E-state index in [-0.39, 0.29) is 11.5 Å². The number of fused-ring (bicyclic) bond motifs is 3. The molecular formula is C30H27N3O2. The van der Waals surface area contributed by atoms with Crippen LogP contribution in [0.25, 0.3) is 27.6 Å². The molecule has 0 N–H and O–H groups in total. The second-order valence-electron chi connectivity index (χ2n) is 9.98. The summed E-state index contributed by atoms with van der Waals surface area (Å²) < 4.78 is 14.4. The third-order valence-corrected chi connectivity index (χ3v) is 6.49. The Labute approximate surface area is 204 Å². The number of aromatic nitrogens is 2. The van der Waals surface area contributed by atoms with E-state index in [0.717, 1.165) is 39.3 Å². The summed E-state index contributed by atoms with van der Waals surface area (Å²) in [4.78, 5) is 9.43. The topological polar surface area (TPSA) is 48.6 Å². The number of nitrogens with zero attached hydrogens (tertiary/aromatic N) is 3. The van der Waals surface area contributed by atoms with Crippen molar-refractivity contribution in [2.75, 3.05) is 6.61 Å². The van der Waals surface area contributed by atoms with Gasteiger partial charge in [0.25, 0.3) is 0 Å². The van der Waals surface area contributed by atoms with E-state index in [2.05, 4.69) is 66.7 Å². The molecule has 1 aliphatic rings. The minimum atomic E-state index is 0.0668. The zero-order valence-corrected chi connectivity index (χ0v) is 20.1. The van der Waals surface area contributed by atoms with Gasteiger partial charge >= 0.3 is 0 Å². The van der Waals surface area contributed by atoms with Crippen LogP contribution in [-0.2, 0) is 4.74 Å². The second kappa shape index (κ2) is 8.27. The first-order valence-corrected chi connectivity index (χ1v) is 11.9. The van der Waals surface area contributed by atoms with Gasteiger partial charge in [-0.1, -0.05) is 51.1 Å². The molecule has 0 amide bonds. The summed E-state index contributed by atoms with van der Waals surface area (Å²) in [7, 11) is 0. The molecule has 0 bridgehead atoms. The van der Waals surface area contributed by atoms with Gasteiger partial charge in [0.2, 0.25) is 5.90 Å². The summed E-state index contributed by atoms with van der Waals surface area (Å²) in [6, 6.07) is 28.7. The molecule has 0 saturated carbocycles. The van der Waals surface area contributed by atoms with E-state index in [1.54, 1.807) is 0 Å². The Morgan fingerprint density at radius 2 is 1.63 bits per heavy atom. The van der Waals surface area contributed by atoms with Crippen molar-refractivity contribution in [3.63, 3.8) is 0 Å². The Morgan fingerprint density at radius 1 is 0.829 bits per heavy atom. The fourth-order valence-electron chi connectivity index (χ4n) is 4.55. The van der Waals surface area contributed by atoms with Crippen molar-refractivity contribution in [2.24, 2.45) is 10.4 Å². The molecular weight excluding hydrogens is 434 g/mol. The molecule has 5 aromatic rings. The minimum Gasteiger partial charge on any atom is -0.475 e. The normalized spacial score (nSPS) is 15.9. The Hall–Kier alpha value is -4.12. The Bertz CT molecular complexity index is 1560. The summed E-state index contributed by atoms with van der Waals surface area (Å²) in [5.41, 5.74) is 3.16. The van der Waals surface area contributed by atoms with E-state index in [1.165, 1.54) is 5.39 Å². The molecule has 0 fully saturated rings. The Balaban J connectivity index is 1.38. The standard InChI is InChI=1S/C30H27N3O2/c1-30(2,3)27-19-34-29(32-27)20-9-8-10-21(17-20)35-22-14-15-24-23-11-4-5-12-25(23)33(26(24)18-22)28-13-6-7-16-31-28/h4-18,27H,19H2,1-3H3/t27-/m1/s1. The molecule has 174 valence electrons. The SMILES string of the molecule is CC(C)(C)[C@H]1COC(c2cccc(Oc3ccc4c5ccccc5n(-c5ccccn5)c4c3)c2)=N1. The van der Waals surface area contributed by atoms with Crippen LogP contribution in [0.1, 0.15) is 26.3 Å². The third kappa shape index (κ3) is 3.93. The first kappa shape index (κ1) is 21.4. The largest absolute Gasteiger partial charge is 0.475 e. The molecule has 0 radical (unpaired) electrons. The van der Waals surface area contributed by atoms with Gasteiger partial charge in [-0.25, -0.2) is 9.98 Å². The van der Waals surface area contributed by atoms with Gasteiger partial charge in [0.1, 0.15) is 23.9 Å². The maximum atomic E-state index is 6.32. The van der Waals surface area contributed by atoms with Crippen LogP contribution in [0.4, 0.5) is 0 Å². The summed E-state index contributed by atoms with van der Waals surface area (Å²) in [6.45, 7) is 7.17. The highest BCUT2D eigenvalue weighted by Gasteiger charge is 2.30. The predicted octanol–water partition coefficient (Wildman–Crippen LogP) is 7.16. The molecule has 1 aliphatic heterocycles. The van der Waals surface area contributed by atoms with Crippen LogP contribution in [-0.4, -0.2) is 28.1 Å². The molecule has 35 heavy (non-hydrogen) atoms. The van der Waals surface area contributed by atoms with Crippen molar-refractivity contribution < 1.29 is 9.47 Å². The summed E-state index contributed by atoms with van der Waals surface area (Å²) >= 11 is 0. The quantitative estimate of drug-likeness (QED) is 0.285. The van der Waals surface area contributed by atoms with Gasteiger partial charge in [-0.2, -0.15) is 0 Å². The lowest BCUT2D eigenvalue weighted by molar-refractivity contribution is 0.236. The zero-order valence-electron chi connectivity index (χ0n) is 20.1. The number of rotatable bonds is 4. The maximum absolute atomic E-state index is 6.32. The van der Waals surface area contributed by atoms with E-state index < -0.39 is 0 Å². The maximum Gasteiger partial charge on any atom is 0.216 e. The molecule has 0 spiro atoms. The molecule has 3 aromatic carbocycles. The Kier molecular flexibility index (Phi) is 5.06. The molecule has 0 aliphatic carbocycles. The lowest BCUT2D eigenvalue weighted by atomic mass is 9.88. The highest BCUT2D eigenvalue weighted by molar-refractivity contribution is 6.09. The molecule has 5 heteroatoms. The van der Waals surface area contributed by atoms with Gasteiger partial charge in [0.15, 0.2) is 0 Å². The Morgan fingerprint density at radius 3 is 2.43 bits per heavy atom. The number of pyridine rings is 1. The van der Waals surface area contributed by atoms with Crippen LogP contribution in [0.2, 0.25) is 0 Å². The average molecular weight is 462 g/mol. The van der Waals surface area contributed by atoms with Crippen molar-refractivity contribution >= 4 is 27.7 Å². The molecule has 6 rings (SSSR count). The smallest absolute Gasteiger partial charge is 0.216 e. The number of hydrogen-bond acceptors (Lipinski definition) is 4. The van der Waals surface area contributed by atoms with Crippen molar-refractivity contribution in [3.8, 4) is 17.3 Å². The second-order valence-corrected chi connectivity index (χ2v) is 9.98. The summed E-state index contributed by atoms with van der Waals surface area (Å²) in [5.74, 6) is 3.06.